The number of carbonyl (C=O) groups is 1. The SMILES string of the molecule is CC(C)(C)NC(=O)O[C@H](Cc1ccccc1)Cc1c(-c2ccccc2)[nH]c2ccccc12. The second-order valence-electron chi connectivity index (χ2n) is 9.19. The molecule has 1 atom stereocenters. The van der Waals surface area contributed by atoms with E-state index in [1.165, 1.54) is 0 Å². The minimum atomic E-state index is -0.389. The summed E-state index contributed by atoms with van der Waals surface area (Å²) >= 11 is 0. The average Bonchev–Trinajstić information content (AvgIpc) is 3.12. The molecular formula is C28H30N2O2. The largest absolute Gasteiger partial charge is 0.446 e. The van der Waals surface area contributed by atoms with Gasteiger partial charge in [-0.1, -0.05) is 78.9 Å². The quantitative estimate of drug-likeness (QED) is 0.369. The summed E-state index contributed by atoms with van der Waals surface area (Å²) in [6.45, 7) is 5.86. The molecule has 0 aliphatic heterocycles. The highest BCUT2D eigenvalue weighted by Crippen LogP contribution is 2.32. The molecule has 4 aromatic rings. The topological polar surface area (TPSA) is 54.1 Å². The van der Waals surface area contributed by atoms with Crippen LogP contribution in [0.3, 0.4) is 0 Å². The Morgan fingerprint density at radius 2 is 1.50 bits per heavy atom. The van der Waals surface area contributed by atoms with Crippen LogP contribution in [0.25, 0.3) is 22.2 Å². The van der Waals surface area contributed by atoms with Gasteiger partial charge in [0.05, 0.1) is 0 Å². The van der Waals surface area contributed by atoms with Gasteiger partial charge in [-0.25, -0.2) is 4.79 Å². The fourth-order valence-electron chi connectivity index (χ4n) is 4.01. The van der Waals surface area contributed by atoms with E-state index in [4.69, 9.17) is 4.74 Å². The van der Waals surface area contributed by atoms with Gasteiger partial charge in [-0.2, -0.15) is 0 Å². The zero-order valence-electron chi connectivity index (χ0n) is 18.9. The van der Waals surface area contributed by atoms with Crippen LogP contribution in [0.1, 0.15) is 31.9 Å². The third-order valence-electron chi connectivity index (χ3n) is 5.36. The number of ether oxygens (including phenoxy) is 1. The number of aromatic amines is 1. The molecule has 1 aromatic heterocycles. The van der Waals surface area contributed by atoms with Crippen LogP contribution < -0.4 is 5.32 Å². The number of amides is 1. The first-order valence-electron chi connectivity index (χ1n) is 11.1. The number of benzene rings is 3. The highest BCUT2D eigenvalue weighted by Gasteiger charge is 2.23. The van der Waals surface area contributed by atoms with Crippen LogP contribution in [-0.4, -0.2) is 22.7 Å². The van der Waals surface area contributed by atoms with E-state index in [-0.39, 0.29) is 17.7 Å². The standard InChI is InChI=1S/C28H30N2O2/c1-28(2,3)30-27(31)32-22(18-20-12-6-4-7-13-20)19-24-23-16-10-11-17-25(23)29-26(24)21-14-8-5-9-15-21/h4-17,22,29H,18-19H2,1-3H3,(H,30,31)/t22-/m1/s1. The Labute approximate surface area is 189 Å². The number of alkyl carbamates (subject to hydrolysis) is 1. The molecule has 0 unspecified atom stereocenters. The Kier molecular flexibility index (Phi) is 6.31. The summed E-state index contributed by atoms with van der Waals surface area (Å²) < 4.78 is 5.98. The molecule has 0 aliphatic rings. The first kappa shape index (κ1) is 21.7. The molecule has 32 heavy (non-hydrogen) atoms. The number of carbonyl (C=O) groups excluding carboxylic acids is 1. The molecule has 4 nitrogen and oxygen atoms in total. The van der Waals surface area contributed by atoms with Crippen molar-refractivity contribution < 1.29 is 9.53 Å². The maximum Gasteiger partial charge on any atom is 0.407 e. The molecule has 164 valence electrons. The van der Waals surface area contributed by atoms with E-state index in [9.17, 15) is 4.79 Å². The molecule has 0 spiro atoms. The predicted molar refractivity (Wildman–Crippen MR) is 131 cm³/mol. The Bertz CT molecular complexity index is 1170. The van der Waals surface area contributed by atoms with Crippen LogP contribution in [0.5, 0.6) is 0 Å². The maximum absolute atomic E-state index is 12.7. The molecular weight excluding hydrogens is 396 g/mol. The zero-order chi connectivity index (χ0) is 22.6. The van der Waals surface area contributed by atoms with E-state index >= 15 is 0 Å². The van der Waals surface area contributed by atoms with Gasteiger partial charge in [-0.05, 0) is 43.5 Å². The van der Waals surface area contributed by atoms with E-state index in [0.717, 1.165) is 33.3 Å². The lowest BCUT2D eigenvalue weighted by Gasteiger charge is -2.24. The molecule has 0 saturated heterocycles. The van der Waals surface area contributed by atoms with Gasteiger partial charge in [0.25, 0.3) is 0 Å². The van der Waals surface area contributed by atoms with Crippen LogP contribution in [-0.2, 0) is 17.6 Å². The maximum atomic E-state index is 12.7. The van der Waals surface area contributed by atoms with Gasteiger partial charge >= 0.3 is 6.09 Å². The number of nitrogens with one attached hydrogen (secondary N) is 2. The Morgan fingerprint density at radius 3 is 2.19 bits per heavy atom. The van der Waals surface area contributed by atoms with E-state index in [1.807, 2.05) is 69.3 Å². The van der Waals surface area contributed by atoms with Gasteiger partial charge < -0.3 is 15.0 Å². The van der Waals surface area contributed by atoms with E-state index in [2.05, 4.69) is 46.7 Å². The van der Waals surface area contributed by atoms with Gasteiger partial charge in [0.2, 0.25) is 0 Å². The zero-order valence-corrected chi connectivity index (χ0v) is 18.9. The van der Waals surface area contributed by atoms with Gasteiger partial charge in [0.15, 0.2) is 0 Å². The van der Waals surface area contributed by atoms with Crippen molar-refractivity contribution in [3.05, 3.63) is 96.1 Å². The van der Waals surface area contributed by atoms with Gasteiger partial charge in [-0.15, -0.1) is 0 Å². The molecule has 4 rings (SSSR count). The minimum Gasteiger partial charge on any atom is -0.446 e. The lowest BCUT2D eigenvalue weighted by molar-refractivity contribution is 0.0913. The predicted octanol–water partition coefficient (Wildman–Crippen LogP) is 6.51. The van der Waals surface area contributed by atoms with Gasteiger partial charge in [-0.3, -0.25) is 0 Å². The lowest BCUT2D eigenvalue weighted by Crippen LogP contribution is -2.42. The van der Waals surface area contributed by atoms with Crippen molar-refractivity contribution in [1.82, 2.24) is 10.3 Å². The monoisotopic (exact) mass is 426 g/mol. The summed E-state index contributed by atoms with van der Waals surface area (Å²) in [7, 11) is 0. The Hall–Kier alpha value is -3.53. The summed E-state index contributed by atoms with van der Waals surface area (Å²) in [5.74, 6) is 0. The second kappa shape index (κ2) is 9.31. The van der Waals surface area contributed by atoms with Crippen LogP contribution in [0.2, 0.25) is 0 Å². The van der Waals surface area contributed by atoms with Crippen LogP contribution in [0, 0.1) is 0 Å². The van der Waals surface area contributed by atoms with Crippen molar-refractivity contribution >= 4 is 17.0 Å². The number of hydrogen-bond acceptors (Lipinski definition) is 2. The summed E-state index contributed by atoms with van der Waals surface area (Å²) in [6, 6.07) is 28.8. The summed E-state index contributed by atoms with van der Waals surface area (Å²) in [5, 5.41) is 4.09. The van der Waals surface area contributed by atoms with Crippen molar-refractivity contribution in [3.8, 4) is 11.3 Å². The first-order chi connectivity index (χ1) is 15.4. The van der Waals surface area contributed by atoms with Crippen molar-refractivity contribution in [3.63, 3.8) is 0 Å². The van der Waals surface area contributed by atoms with Gasteiger partial charge in [0, 0.05) is 35.0 Å². The second-order valence-corrected chi connectivity index (χ2v) is 9.19. The highest BCUT2D eigenvalue weighted by molar-refractivity contribution is 5.90. The van der Waals surface area contributed by atoms with Crippen molar-refractivity contribution in [2.45, 2.75) is 45.3 Å². The average molecular weight is 427 g/mol. The van der Waals surface area contributed by atoms with Crippen LogP contribution in [0.15, 0.2) is 84.9 Å². The van der Waals surface area contributed by atoms with E-state index in [0.29, 0.717) is 12.8 Å². The molecule has 4 heteroatoms. The molecule has 0 saturated carbocycles. The number of para-hydroxylation sites is 1. The van der Waals surface area contributed by atoms with E-state index < -0.39 is 0 Å². The summed E-state index contributed by atoms with van der Waals surface area (Å²) in [5.41, 5.74) is 5.23. The Morgan fingerprint density at radius 1 is 0.875 bits per heavy atom. The van der Waals surface area contributed by atoms with Gasteiger partial charge in [0.1, 0.15) is 6.10 Å². The third-order valence-corrected chi connectivity index (χ3v) is 5.36. The molecule has 0 aliphatic carbocycles. The fraction of sp³-hybridized carbons (Fsp3) is 0.250. The summed E-state index contributed by atoms with van der Waals surface area (Å²) in [6.07, 6.45) is 0.563. The van der Waals surface area contributed by atoms with Crippen LogP contribution >= 0.6 is 0 Å². The van der Waals surface area contributed by atoms with Crippen LogP contribution in [0.4, 0.5) is 4.79 Å². The highest BCUT2D eigenvalue weighted by atomic mass is 16.6. The Balaban J connectivity index is 1.70. The van der Waals surface area contributed by atoms with Crippen molar-refractivity contribution in [1.29, 1.82) is 0 Å². The number of hydrogen-bond donors (Lipinski definition) is 2. The van der Waals surface area contributed by atoms with Crippen molar-refractivity contribution in [2.75, 3.05) is 0 Å². The molecule has 1 heterocycles. The first-order valence-corrected chi connectivity index (χ1v) is 11.1. The smallest absolute Gasteiger partial charge is 0.407 e. The lowest BCUT2D eigenvalue weighted by atomic mass is 9.96. The molecule has 2 N–H and O–H groups in total. The third kappa shape index (κ3) is 5.38. The molecule has 0 radical (unpaired) electrons. The van der Waals surface area contributed by atoms with E-state index in [1.54, 1.807) is 0 Å². The molecule has 3 aromatic carbocycles. The number of rotatable bonds is 6. The molecule has 0 bridgehead atoms. The minimum absolute atomic E-state index is 0.304. The normalized spacial score (nSPS) is 12.5. The number of aromatic nitrogens is 1. The molecule has 1 amide bonds. The number of fused-ring (bicyclic) bond motifs is 1. The fourth-order valence-corrected chi connectivity index (χ4v) is 4.01. The van der Waals surface area contributed by atoms with Crippen molar-refractivity contribution in [2.24, 2.45) is 0 Å². The summed E-state index contributed by atoms with van der Waals surface area (Å²) in [4.78, 5) is 16.3. The number of H-pyrrole nitrogens is 1. The molecule has 0 fully saturated rings.